The number of fused-ring (bicyclic) bond motifs is 1. The molecule has 0 bridgehead atoms. The molecule has 2 aromatic heterocycles. The topological polar surface area (TPSA) is 81.0 Å². The van der Waals surface area contributed by atoms with Crippen LogP contribution in [0, 0.1) is 12.8 Å². The van der Waals surface area contributed by atoms with Gasteiger partial charge in [-0.25, -0.2) is 4.98 Å². The molecule has 1 amide bonds. The third-order valence-electron chi connectivity index (χ3n) is 6.54. The number of piperidine rings is 1. The smallest absolute Gasteiger partial charge is 0.227 e. The molecule has 0 unspecified atom stereocenters. The maximum Gasteiger partial charge on any atom is 0.227 e. The van der Waals surface area contributed by atoms with Crippen LogP contribution in [-0.2, 0) is 4.79 Å². The first-order valence-electron chi connectivity index (χ1n) is 12.3. The van der Waals surface area contributed by atoms with Crippen LogP contribution in [0.25, 0.3) is 16.9 Å². The Bertz CT molecular complexity index is 1340. The Morgan fingerprint density at radius 2 is 1.72 bits per heavy atom. The Labute approximate surface area is 210 Å². The standard InChI is InChI=1S/C28H31N5O3/c1-4-36-24-11-7-22(8-12-24)30-28(34)21-13-15-32(16-14-21)27-17-19(2)29-26-18-25(31-33(26)27)20-5-9-23(35-3)10-6-20/h5-12,17-18,21H,4,13-16H2,1-3H3,(H,30,34). The zero-order chi connectivity index (χ0) is 25.1. The third kappa shape index (κ3) is 4.98. The summed E-state index contributed by atoms with van der Waals surface area (Å²) in [5.74, 6) is 2.65. The summed E-state index contributed by atoms with van der Waals surface area (Å²) in [6, 6.07) is 19.5. The molecule has 1 aliphatic rings. The maximum absolute atomic E-state index is 12.9. The van der Waals surface area contributed by atoms with Crippen molar-refractivity contribution in [3.05, 3.63) is 66.4 Å². The molecule has 1 N–H and O–H groups in total. The molecule has 0 spiro atoms. The molecule has 1 aliphatic heterocycles. The van der Waals surface area contributed by atoms with Crippen LogP contribution in [0.5, 0.6) is 11.5 Å². The van der Waals surface area contributed by atoms with Gasteiger partial charge in [-0.05, 0) is 75.2 Å². The van der Waals surface area contributed by atoms with Crippen molar-refractivity contribution in [2.75, 3.05) is 37.0 Å². The van der Waals surface area contributed by atoms with E-state index in [1.807, 2.05) is 73.0 Å². The number of carbonyl (C=O) groups is 1. The van der Waals surface area contributed by atoms with Gasteiger partial charge in [0.25, 0.3) is 0 Å². The van der Waals surface area contributed by atoms with E-state index in [-0.39, 0.29) is 11.8 Å². The fraction of sp³-hybridized carbons (Fsp3) is 0.321. The first-order chi connectivity index (χ1) is 17.5. The van der Waals surface area contributed by atoms with Crippen LogP contribution in [0.1, 0.15) is 25.5 Å². The van der Waals surface area contributed by atoms with Crippen molar-refractivity contribution in [2.24, 2.45) is 5.92 Å². The van der Waals surface area contributed by atoms with Crippen LogP contribution in [0.15, 0.2) is 60.7 Å². The maximum atomic E-state index is 12.9. The summed E-state index contributed by atoms with van der Waals surface area (Å²) in [6.45, 7) is 6.12. The number of methoxy groups -OCH3 is 1. The largest absolute Gasteiger partial charge is 0.497 e. The molecule has 186 valence electrons. The first kappa shape index (κ1) is 23.7. The number of hydrogen-bond donors (Lipinski definition) is 1. The highest BCUT2D eigenvalue weighted by Gasteiger charge is 2.27. The Morgan fingerprint density at radius 1 is 1.03 bits per heavy atom. The van der Waals surface area contributed by atoms with Gasteiger partial charge in [0.2, 0.25) is 5.91 Å². The van der Waals surface area contributed by atoms with Gasteiger partial charge in [0.1, 0.15) is 17.3 Å². The Hall–Kier alpha value is -4.07. The monoisotopic (exact) mass is 485 g/mol. The quantitative estimate of drug-likeness (QED) is 0.398. The number of carbonyl (C=O) groups excluding carboxylic acids is 1. The van der Waals surface area contributed by atoms with E-state index in [4.69, 9.17) is 19.6 Å². The molecule has 36 heavy (non-hydrogen) atoms. The number of benzene rings is 2. The molecule has 8 heteroatoms. The minimum Gasteiger partial charge on any atom is -0.497 e. The fourth-order valence-electron chi connectivity index (χ4n) is 4.62. The van der Waals surface area contributed by atoms with Gasteiger partial charge in [0.05, 0.1) is 19.4 Å². The molecule has 0 aliphatic carbocycles. The van der Waals surface area contributed by atoms with E-state index in [0.29, 0.717) is 6.61 Å². The predicted molar refractivity (Wildman–Crippen MR) is 141 cm³/mol. The number of amides is 1. The van der Waals surface area contributed by atoms with E-state index in [2.05, 4.69) is 16.3 Å². The predicted octanol–water partition coefficient (Wildman–Crippen LogP) is 4.97. The second kappa shape index (κ2) is 10.3. The molecule has 5 rings (SSSR count). The zero-order valence-electron chi connectivity index (χ0n) is 20.9. The third-order valence-corrected chi connectivity index (χ3v) is 6.54. The Balaban J connectivity index is 1.28. The van der Waals surface area contributed by atoms with E-state index in [1.54, 1.807) is 7.11 Å². The van der Waals surface area contributed by atoms with E-state index in [9.17, 15) is 4.79 Å². The highest BCUT2D eigenvalue weighted by molar-refractivity contribution is 5.92. The molecular formula is C28H31N5O3. The van der Waals surface area contributed by atoms with Gasteiger partial charge < -0.3 is 19.7 Å². The number of nitrogens with zero attached hydrogens (tertiary/aromatic N) is 4. The average Bonchev–Trinajstić information content (AvgIpc) is 3.33. The van der Waals surface area contributed by atoms with Crippen molar-refractivity contribution >= 4 is 23.1 Å². The molecule has 3 heterocycles. The van der Waals surface area contributed by atoms with Crippen LogP contribution in [0.4, 0.5) is 11.5 Å². The second-order valence-electron chi connectivity index (χ2n) is 8.99. The van der Waals surface area contributed by atoms with E-state index in [1.165, 1.54) is 0 Å². The molecule has 0 radical (unpaired) electrons. The van der Waals surface area contributed by atoms with Gasteiger partial charge >= 0.3 is 0 Å². The van der Waals surface area contributed by atoms with E-state index in [0.717, 1.165) is 71.5 Å². The highest BCUT2D eigenvalue weighted by atomic mass is 16.5. The molecule has 0 saturated carbocycles. The van der Waals surface area contributed by atoms with Gasteiger partial charge in [0.15, 0.2) is 5.65 Å². The van der Waals surface area contributed by atoms with E-state index >= 15 is 0 Å². The number of ether oxygens (including phenoxy) is 2. The lowest BCUT2D eigenvalue weighted by Crippen LogP contribution is -2.39. The zero-order valence-corrected chi connectivity index (χ0v) is 20.9. The van der Waals surface area contributed by atoms with Gasteiger partial charge in [-0.3, -0.25) is 4.79 Å². The van der Waals surface area contributed by atoms with Crippen LogP contribution in [-0.4, -0.2) is 47.3 Å². The van der Waals surface area contributed by atoms with Crippen LogP contribution < -0.4 is 19.7 Å². The highest BCUT2D eigenvalue weighted by Crippen LogP contribution is 2.28. The summed E-state index contributed by atoms with van der Waals surface area (Å²) >= 11 is 0. The number of anilines is 2. The SMILES string of the molecule is CCOc1ccc(NC(=O)C2CCN(c3cc(C)nc4cc(-c5ccc(OC)cc5)nn34)CC2)cc1. The minimum atomic E-state index is -0.0290. The lowest BCUT2D eigenvalue weighted by Gasteiger charge is -2.33. The van der Waals surface area contributed by atoms with Crippen LogP contribution in [0.3, 0.4) is 0 Å². The number of rotatable bonds is 7. The van der Waals surface area contributed by atoms with Crippen LogP contribution in [0.2, 0.25) is 0 Å². The summed E-state index contributed by atoms with van der Waals surface area (Å²) in [6.07, 6.45) is 1.55. The molecular weight excluding hydrogens is 454 g/mol. The van der Waals surface area contributed by atoms with Crippen molar-refractivity contribution in [3.8, 4) is 22.8 Å². The fourth-order valence-corrected chi connectivity index (χ4v) is 4.62. The van der Waals surface area contributed by atoms with Crippen LogP contribution >= 0.6 is 0 Å². The summed E-state index contributed by atoms with van der Waals surface area (Å²) in [7, 11) is 1.66. The average molecular weight is 486 g/mol. The molecule has 0 atom stereocenters. The van der Waals surface area contributed by atoms with Gasteiger partial charge in [-0.15, -0.1) is 0 Å². The Kier molecular flexibility index (Phi) is 6.75. The lowest BCUT2D eigenvalue weighted by atomic mass is 9.95. The summed E-state index contributed by atoms with van der Waals surface area (Å²) in [5, 5.41) is 7.92. The van der Waals surface area contributed by atoms with Crippen molar-refractivity contribution < 1.29 is 14.3 Å². The summed E-state index contributed by atoms with van der Waals surface area (Å²) < 4.78 is 12.7. The second-order valence-corrected chi connectivity index (χ2v) is 8.99. The normalized spacial score (nSPS) is 14.1. The number of hydrogen-bond acceptors (Lipinski definition) is 6. The van der Waals surface area contributed by atoms with Gasteiger partial charge in [-0.1, -0.05) is 0 Å². The molecule has 2 aromatic carbocycles. The van der Waals surface area contributed by atoms with Crippen molar-refractivity contribution in [1.82, 2.24) is 14.6 Å². The number of aromatic nitrogens is 3. The number of aryl methyl sites for hydroxylation is 1. The summed E-state index contributed by atoms with van der Waals surface area (Å²) in [5.41, 5.74) is 4.41. The first-order valence-corrected chi connectivity index (χ1v) is 12.3. The molecule has 1 fully saturated rings. The lowest BCUT2D eigenvalue weighted by molar-refractivity contribution is -0.120. The summed E-state index contributed by atoms with van der Waals surface area (Å²) in [4.78, 5) is 19.9. The van der Waals surface area contributed by atoms with Crippen molar-refractivity contribution in [3.63, 3.8) is 0 Å². The van der Waals surface area contributed by atoms with Crippen molar-refractivity contribution in [1.29, 1.82) is 0 Å². The van der Waals surface area contributed by atoms with Gasteiger partial charge in [0, 0.05) is 48.1 Å². The number of nitrogens with one attached hydrogen (secondary N) is 1. The molecule has 1 saturated heterocycles. The minimum absolute atomic E-state index is 0.0290. The van der Waals surface area contributed by atoms with Gasteiger partial charge in [-0.2, -0.15) is 9.61 Å². The van der Waals surface area contributed by atoms with Crippen molar-refractivity contribution in [2.45, 2.75) is 26.7 Å². The Morgan fingerprint density at radius 3 is 2.39 bits per heavy atom. The van der Waals surface area contributed by atoms with E-state index < -0.39 is 0 Å². The molecule has 8 nitrogen and oxygen atoms in total. The molecule has 4 aromatic rings.